The predicted octanol–water partition coefficient (Wildman–Crippen LogP) is 3.72. The standard InChI is InChI=1S/C22H24N4O3/c1-4-17-11-20(15(3)25-21(17)27)18-10-19(13-24-12-18)29-22(28)26(5-2)14-16-6-8-23-9-7-16/h6-13H,4-5,14H2,1-3H3,(H,25,27). The van der Waals surface area contributed by atoms with E-state index in [0.29, 0.717) is 30.8 Å². The minimum absolute atomic E-state index is 0.0843. The molecule has 0 fully saturated rings. The van der Waals surface area contributed by atoms with Crippen molar-refractivity contribution in [3.05, 3.63) is 76.2 Å². The molecule has 0 saturated heterocycles. The molecule has 3 rings (SSSR count). The molecule has 7 heteroatoms. The van der Waals surface area contributed by atoms with Crippen LogP contribution in [0.5, 0.6) is 5.75 Å². The van der Waals surface area contributed by atoms with E-state index >= 15 is 0 Å². The molecule has 0 atom stereocenters. The Bertz CT molecular complexity index is 1050. The van der Waals surface area contributed by atoms with Gasteiger partial charge in [-0.3, -0.25) is 14.8 Å². The van der Waals surface area contributed by atoms with E-state index in [2.05, 4.69) is 15.0 Å². The number of aromatic amines is 1. The molecule has 0 bridgehead atoms. The number of aromatic nitrogens is 3. The molecule has 0 unspecified atom stereocenters. The first kappa shape index (κ1) is 20.3. The zero-order chi connectivity index (χ0) is 20.8. The van der Waals surface area contributed by atoms with Gasteiger partial charge in [0.05, 0.1) is 6.20 Å². The van der Waals surface area contributed by atoms with Crippen molar-refractivity contribution in [2.45, 2.75) is 33.7 Å². The van der Waals surface area contributed by atoms with Crippen molar-refractivity contribution in [1.29, 1.82) is 0 Å². The van der Waals surface area contributed by atoms with Crippen LogP contribution >= 0.6 is 0 Å². The topological polar surface area (TPSA) is 88.2 Å². The van der Waals surface area contributed by atoms with Gasteiger partial charge >= 0.3 is 6.09 Å². The Morgan fingerprint density at radius 3 is 2.59 bits per heavy atom. The van der Waals surface area contributed by atoms with Gasteiger partial charge in [-0.15, -0.1) is 0 Å². The number of pyridine rings is 3. The summed E-state index contributed by atoms with van der Waals surface area (Å²) in [5.41, 5.74) is 3.96. The average molecular weight is 392 g/mol. The molecule has 7 nitrogen and oxygen atoms in total. The maximum absolute atomic E-state index is 12.6. The van der Waals surface area contributed by atoms with Crippen LogP contribution in [0.2, 0.25) is 0 Å². The summed E-state index contributed by atoms with van der Waals surface area (Å²) < 4.78 is 5.56. The lowest BCUT2D eigenvalue weighted by molar-refractivity contribution is 0.152. The van der Waals surface area contributed by atoms with Crippen LogP contribution in [0.3, 0.4) is 0 Å². The minimum atomic E-state index is -0.448. The molecule has 0 aromatic carbocycles. The average Bonchev–Trinajstić information content (AvgIpc) is 2.73. The SMILES string of the molecule is CCc1cc(-c2cncc(OC(=O)N(CC)Cc3ccncc3)c2)c(C)[nH]c1=O. The van der Waals surface area contributed by atoms with E-state index in [1.165, 1.54) is 6.20 Å². The first-order valence-electron chi connectivity index (χ1n) is 9.55. The van der Waals surface area contributed by atoms with Gasteiger partial charge in [-0.25, -0.2) is 4.79 Å². The van der Waals surface area contributed by atoms with Crippen molar-refractivity contribution in [1.82, 2.24) is 19.9 Å². The number of H-pyrrole nitrogens is 1. The molecule has 3 heterocycles. The molecule has 150 valence electrons. The number of hydrogen-bond donors (Lipinski definition) is 1. The maximum atomic E-state index is 12.6. The van der Waals surface area contributed by atoms with E-state index in [9.17, 15) is 9.59 Å². The lowest BCUT2D eigenvalue weighted by atomic mass is 10.0. The normalized spacial score (nSPS) is 10.6. The number of amides is 1. The van der Waals surface area contributed by atoms with Crippen LogP contribution in [0.1, 0.15) is 30.7 Å². The van der Waals surface area contributed by atoms with Gasteiger partial charge in [0.15, 0.2) is 5.75 Å². The second-order valence-corrected chi connectivity index (χ2v) is 6.66. The fourth-order valence-corrected chi connectivity index (χ4v) is 3.03. The van der Waals surface area contributed by atoms with E-state index in [1.54, 1.807) is 29.6 Å². The van der Waals surface area contributed by atoms with Crippen LogP contribution in [-0.2, 0) is 13.0 Å². The highest BCUT2D eigenvalue weighted by molar-refractivity contribution is 5.72. The lowest BCUT2D eigenvalue weighted by Crippen LogP contribution is -2.32. The van der Waals surface area contributed by atoms with Crippen LogP contribution in [0.4, 0.5) is 4.79 Å². The molecule has 0 aliphatic heterocycles. The molecule has 0 radical (unpaired) electrons. The van der Waals surface area contributed by atoms with Crippen molar-refractivity contribution >= 4 is 6.09 Å². The first-order valence-corrected chi connectivity index (χ1v) is 9.55. The summed E-state index contributed by atoms with van der Waals surface area (Å²) in [6, 6.07) is 7.34. The summed E-state index contributed by atoms with van der Waals surface area (Å²) in [6.07, 6.45) is 6.76. The third-order valence-corrected chi connectivity index (χ3v) is 4.69. The largest absolute Gasteiger partial charge is 0.415 e. The van der Waals surface area contributed by atoms with Crippen LogP contribution in [0.15, 0.2) is 53.8 Å². The molecule has 0 aliphatic rings. The number of nitrogens with one attached hydrogen (secondary N) is 1. The third-order valence-electron chi connectivity index (χ3n) is 4.69. The van der Waals surface area contributed by atoms with Crippen molar-refractivity contribution in [2.24, 2.45) is 0 Å². The van der Waals surface area contributed by atoms with E-state index in [-0.39, 0.29) is 5.56 Å². The summed E-state index contributed by atoms with van der Waals surface area (Å²) in [5, 5.41) is 0. The van der Waals surface area contributed by atoms with Crippen LogP contribution < -0.4 is 10.3 Å². The number of aryl methyl sites for hydroxylation is 2. The van der Waals surface area contributed by atoms with E-state index < -0.39 is 6.09 Å². The summed E-state index contributed by atoms with van der Waals surface area (Å²) in [5.74, 6) is 0.351. The summed E-state index contributed by atoms with van der Waals surface area (Å²) in [4.78, 5) is 37.3. The summed E-state index contributed by atoms with van der Waals surface area (Å²) >= 11 is 0. The smallest absolute Gasteiger partial charge is 0.409 e. The van der Waals surface area contributed by atoms with E-state index in [4.69, 9.17) is 4.74 Å². The van der Waals surface area contributed by atoms with Gasteiger partial charge in [0, 0.05) is 54.1 Å². The summed E-state index contributed by atoms with van der Waals surface area (Å²) in [7, 11) is 0. The highest BCUT2D eigenvalue weighted by atomic mass is 16.6. The highest BCUT2D eigenvalue weighted by Gasteiger charge is 2.16. The second kappa shape index (κ2) is 9.14. The molecule has 29 heavy (non-hydrogen) atoms. The quantitative estimate of drug-likeness (QED) is 0.691. The Labute approximate surface area is 169 Å². The molecule has 0 aliphatic carbocycles. The molecule has 1 N–H and O–H groups in total. The van der Waals surface area contributed by atoms with Gasteiger partial charge < -0.3 is 14.6 Å². The number of hydrogen-bond acceptors (Lipinski definition) is 5. The number of ether oxygens (including phenoxy) is 1. The molecular formula is C22H24N4O3. The Morgan fingerprint density at radius 2 is 1.90 bits per heavy atom. The Morgan fingerprint density at radius 1 is 1.14 bits per heavy atom. The van der Waals surface area contributed by atoms with Crippen molar-refractivity contribution in [3.8, 4) is 16.9 Å². The van der Waals surface area contributed by atoms with Gasteiger partial charge in [-0.05, 0) is 50.1 Å². The number of nitrogens with zero attached hydrogens (tertiary/aromatic N) is 3. The van der Waals surface area contributed by atoms with Gasteiger partial charge in [-0.1, -0.05) is 6.92 Å². The van der Waals surface area contributed by atoms with Crippen LogP contribution in [0.25, 0.3) is 11.1 Å². The molecular weight excluding hydrogens is 368 g/mol. The maximum Gasteiger partial charge on any atom is 0.415 e. The van der Waals surface area contributed by atoms with Crippen LogP contribution in [-0.4, -0.2) is 32.5 Å². The molecule has 1 amide bonds. The van der Waals surface area contributed by atoms with Gasteiger partial charge in [0.1, 0.15) is 0 Å². The van der Waals surface area contributed by atoms with Crippen molar-refractivity contribution < 1.29 is 9.53 Å². The number of rotatable bonds is 6. The van der Waals surface area contributed by atoms with Crippen molar-refractivity contribution in [2.75, 3.05) is 6.54 Å². The fraction of sp³-hybridized carbons (Fsp3) is 0.273. The first-order chi connectivity index (χ1) is 14.0. The second-order valence-electron chi connectivity index (χ2n) is 6.66. The van der Waals surface area contributed by atoms with Crippen LogP contribution in [0, 0.1) is 6.92 Å². The van der Waals surface area contributed by atoms with Gasteiger partial charge in [0.2, 0.25) is 0 Å². The fourth-order valence-electron chi connectivity index (χ4n) is 3.03. The molecule has 0 saturated carbocycles. The zero-order valence-electron chi connectivity index (χ0n) is 16.8. The number of carbonyl (C=O) groups is 1. The molecule has 3 aromatic rings. The van der Waals surface area contributed by atoms with E-state index in [1.807, 2.05) is 39.0 Å². The summed E-state index contributed by atoms with van der Waals surface area (Å²) in [6.45, 7) is 6.61. The Kier molecular flexibility index (Phi) is 6.39. The van der Waals surface area contributed by atoms with Gasteiger partial charge in [-0.2, -0.15) is 0 Å². The number of carbonyl (C=O) groups excluding carboxylic acids is 1. The Balaban J connectivity index is 1.81. The highest BCUT2D eigenvalue weighted by Crippen LogP contribution is 2.25. The minimum Gasteiger partial charge on any atom is -0.409 e. The molecule has 0 spiro atoms. The Hall–Kier alpha value is -3.48. The van der Waals surface area contributed by atoms with Gasteiger partial charge in [0.25, 0.3) is 5.56 Å². The molecule has 3 aromatic heterocycles. The third kappa shape index (κ3) is 4.87. The lowest BCUT2D eigenvalue weighted by Gasteiger charge is -2.20. The van der Waals surface area contributed by atoms with Crippen molar-refractivity contribution in [3.63, 3.8) is 0 Å². The predicted molar refractivity (Wildman–Crippen MR) is 111 cm³/mol. The monoisotopic (exact) mass is 392 g/mol. The zero-order valence-corrected chi connectivity index (χ0v) is 16.8. The van der Waals surface area contributed by atoms with E-state index in [0.717, 1.165) is 22.4 Å².